The molecule has 1 heterocycles. The Balaban J connectivity index is 3.40. The second-order valence-corrected chi connectivity index (χ2v) is 2.87. The van der Waals surface area contributed by atoms with Crippen molar-refractivity contribution in [2.24, 2.45) is 0 Å². The molecule has 16 heavy (non-hydrogen) atoms. The van der Waals surface area contributed by atoms with Crippen LogP contribution in [0.1, 0.15) is 23.2 Å². The molecular formula is C9H5F5N2. The lowest BCUT2D eigenvalue weighted by molar-refractivity contribution is -0.143. The smallest absolute Gasteiger partial charge is 0.251 e. The van der Waals surface area contributed by atoms with E-state index < -0.39 is 30.3 Å². The maximum absolute atomic E-state index is 12.5. The Kier molecular flexibility index (Phi) is 3.42. The van der Waals surface area contributed by atoms with Gasteiger partial charge < -0.3 is 0 Å². The summed E-state index contributed by atoms with van der Waals surface area (Å²) in [6, 6.07) is 2.52. The van der Waals surface area contributed by atoms with Crippen molar-refractivity contribution < 1.29 is 22.0 Å². The Morgan fingerprint density at radius 2 is 2.00 bits per heavy atom. The number of hydrogen-bond acceptors (Lipinski definition) is 2. The van der Waals surface area contributed by atoms with Crippen molar-refractivity contribution in [2.45, 2.75) is 19.0 Å². The quantitative estimate of drug-likeness (QED) is 0.740. The maximum atomic E-state index is 12.5. The molecule has 0 amide bonds. The fraction of sp³-hybridized carbons (Fsp3) is 0.333. The SMILES string of the molecule is N#CCc1ccnc(C(F)(F)F)c1C(F)F. The molecule has 2 nitrogen and oxygen atoms in total. The Labute approximate surface area is 87.3 Å². The molecule has 0 N–H and O–H groups in total. The molecule has 0 fully saturated rings. The van der Waals surface area contributed by atoms with Gasteiger partial charge in [-0.2, -0.15) is 18.4 Å². The molecule has 0 atom stereocenters. The fourth-order valence-corrected chi connectivity index (χ4v) is 1.22. The molecule has 0 saturated carbocycles. The number of nitriles is 1. The zero-order valence-electron chi connectivity index (χ0n) is 7.72. The summed E-state index contributed by atoms with van der Waals surface area (Å²) in [5, 5.41) is 8.32. The molecule has 0 aliphatic carbocycles. The van der Waals surface area contributed by atoms with E-state index in [4.69, 9.17) is 5.26 Å². The predicted octanol–water partition coefficient (Wildman–Crippen LogP) is 3.10. The van der Waals surface area contributed by atoms with Crippen LogP contribution in [0.2, 0.25) is 0 Å². The molecule has 0 aliphatic rings. The summed E-state index contributed by atoms with van der Waals surface area (Å²) in [4.78, 5) is 2.90. The summed E-state index contributed by atoms with van der Waals surface area (Å²) in [7, 11) is 0. The lowest BCUT2D eigenvalue weighted by Gasteiger charge is -2.13. The topological polar surface area (TPSA) is 36.7 Å². The van der Waals surface area contributed by atoms with Gasteiger partial charge in [-0.15, -0.1) is 0 Å². The molecular weight excluding hydrogens is 231 g/mol. The number of nitrogens with zero attached hydrogens (tertiary/aromatic N) is 2. The molecule has 0 aliphatic heterocycles. The molecule has 0 aromatic carbocycles. The summed E-state index contributed by atoms with van der Waals surface area (Å²) < 4.78 is 62.0. The molecule has 1 rings (SSSR count). The maximum Gasteiger partial charge on any atom is 0.433 e. The van der Waals surface area contributed by atoms with E-state index in [1.807, 2.05) is 0 Å². The molecule has 0 unspecified atom stereocenters. The summed E-state index contributed by atoms with van der Waals surface area (Å²) in [5.41, 5.74) is -3.19. The van der Waals surface area contributed by atoms with Gasteiger partial charge in [0.1, 0.15) is 0 Å². The van der Waals surface area contributed by atoms with Gasteiger partial charge in [0.2, 0.25) is 0 Å². The third kappa shape index (κ3) is 2.45. The van der Waals surface area contributed by atoms with E-state index >= 15 is 0 Å². The lowest BCUT2D eigenvalue weighted by Crippen LogP contribution is -2.14. The predicted molar refractivity (Wildman–Crippen MR) is 43.5 cm³/mol. The minimum atomic E-state index is -4.95. The van der Waals surface area contributed by atoms with E-state index in [2.05, 4.69) is 4.98 Å². The molecule has 1 aromatic rings. The highest BCUT2D eigenvalue weighted by Crippen LogP contribution is 2.36. The average Bonchev–Trinajstić information content (AvgIpc) is 2.16. The van der Waals surface area contributed by atoms with Crippen LogP contribution in [0.5, 0.6) is 0 Å². The van der Waals surface area contributed by atoms with Crippen molar-refractivity contribution in [1.82, 2.24) is 4.98 Å². The summed E-state index contributed by atoms with van der Waals surface area (Å²) in [5.74, 6) is 0. The second kappa shape index (κ2) is 4.43. The summed E-state index contributed by atoms with van der Waals surface area (Å²) in [6.07, 6.45) is -8.00. The Morgan fingerprint density at radius 1 is 1.38 bits per heavy atom. The average molecular weight is 236 g/mol. The van der Waals surface area contributed by atoms with Gasteiger partial charge in [0.15, 0.2) is 5.69 Å². The molecule has 0 bridgehead atoms. The number of halogens is 5. The van der Waals surface area contributed by atoms with E-state index in [0.29, 0.717) is 0 Å². The molecule has 0 saturated heterocycles. The highest BCUT2D eigenvalue weighted by atomic mass is 19.4. The minimum absolute atomic E-state index is 0.347. The van der Waals surface area contributed by atoms with Crippen LogP contribution in [0.4, 0.5) is 22.0 Å². The van der Waals surface area contributed by atoms with Gasteiger partial charge in [0.25, 0.3) is 6.43 Å². The van der Waals surface area contributed by atoms with E-state index in [-0.39, 0.29) is 5.56 Å². The van der Waals surface area contributed by atoms with Crippen molar-refractivity contribution in [2.75, 3.05) is 0 Å². The number of alkyl halides is 5. The van der Waals surface area contributed by atoms with Gasteiger partial charge in [-0.05, 0) is 11.6 Å². The van der Waals surface area contributed by atoms with Gasteiger partial charge >= 0.3 is 6.18 Å². The highest BCUT2D eigenvalue weighted by Gasteiger charge is 2.38. The first-order chi connectivity index (χ1) is 7.38. The number of hydrogen-bond donors (Lipinski definition) is 0. The van der Waals surface area contributed by atoms with E-state index in [0.717, 1.165) is 12.3 Å². The van der Waals surface area contributed by atoms with Crippen LogP contribution in [-0.4, -0.2) is 4.98 Å². The van der Waals surface area contributed by atoms with Crippen LogP contribution < -0.4 is 0 Å². The van der Waals surface area contributed by atoms with Crippen molar-refractivity contribution in [3.63, 3.8) is 0 Å². The molecule has 1 aromatic heterocycles. The number of rotatable bonds is 2. The third-order valence-electron chi connectivity index (χ3n) is 1.84. The van der Waals surface area contributed by atoms with Crippen LogP contribution >= 0.6 is 0 Å². The van der Waals surface area contributed by atoms with Crippen LogP contribution in [0.15, 0.2) is 12.3 Å². The van der Waals surface area contributed by atoms with Crippen LogP contribution in [-0.2, 0) is 12.6 Å². The number of pyridine rings is 1. The van der Waals surface area contributed by atoms with E-state index in [1.54, 1.807) is 0 Å². The van der Waals surface area contributed by atoms with Crippen molar-refractivity contribution in [3.05, 3.63) is 29.1 Å². The van der Waals surface area contributed by atoms with Crippen molar-refractivity contribution in [1.29, 1.82) is 5.26 Å². The van der Waals surface area contributed by atoms with E-state index in [1.165, 1.54) is 6.07 Å². The molecule has 0 spiro atoms. The zero-order valence-corrected chi connectivity index (χ0v) is 7.72. The standard InChI is InChI=1S/C9H5F5N2/c10-8(11)6-5(1-3-15)2-4-16-7(6)9(12,13)14/h2,4,8H,1H2. The highest BCUT2D eigenvalue weighted by molar-refractivity contribution is 5.34. The second-order valence-electron chi connectivity index (χ2n) is 2.87. The first-order valence-electron chi connectivity index (χ1n) is 4.08. The van der Waals surface area contributed by atoms with Gasteiger partial charge in [0.05, 0.1) is 18.1 Å². The Bertz CT molecular complexity index is 419. The molecule has 86 valence electrons. The lowest BCUT2D eigenvalue weighted by atomic mass is 10.0. The summed E-state index contributed by atoms with van der Waals surface area (Å²) >= 11 is 0. The van der Waals surface area contributed by atoms with Crippen molar-refractivity contribution >= 4 is 0 Å². The zero-order chi connectivity index (χ0) is 12.3. The normalized spacial score (nSPS) is 11.6. The molecule has 0 radical (unpaired) electrons. The Hall–Kier alpha value is -1.71. The van der Waals surface area contributed by atoms with Gasteiger partial charge in [-0.1, -0.05) is 0 Å². The first-order valence-corrected chi connectivity index (χ1v) is 4.08. The van der Waals surface area contributed by atoms with Gasteiger partial charge in [-0.25, -0.2) is 8.78 Å². The van der Waals surface area contributed by atoms with Crippen LogP contribution in [0, 0.1) is 11.3 Å². The third-order valence-corrected chi connectivity index (χ3v) is 1.84. The van der Waals surface area contributed by atoms with Gasteiger partial charge in [0, 0.05) is 6.20 Å². The Morgan fingerprint density at radius 3 is 2.44 bits per heavy atom. The number of aromatic nitrogens is 1. The first kappa shape index (κ1) is 12.4. The largest absolute Gasteiger partial charge is 0.433 e. The summed E-state index contributed by atoms with van der Waals surface area (Å²) in [6.45, 7) is 0. The fourth-order valence-electron chi connectivity index (χ4n) is 1.22. The van der Waals surface area contributed by atoms with Crippen LogP contribution in [0.3, 0.4) is 0 Å². The monoisotopic (exact) mass is 236 g/mol. The minimum Gasteiger partial charge on any atom is -0.251 e. The van der Waals surface area contributed by atoms with Gasteiger partial charge in [-0.3, -0.25) is 4.98 Å². The van der Waals surface area contributed by atoms with Crippen LogP contribution in [0.25, 0.3) is 0 Å². The van der Waals surface area contributed by atoms with Crippen molar-refractivity contribution in [3.8, 4) is 6.07 Å². The van der Waals surface area contributed by atoms with E-state index in [9.17, 15) is 22.0 Å². The molecule has 7 heteroatoms.